The van der Waals surface area contributed by atoms with Gasteiger partial charge in [0.15, 0.2) is 0 Å². The van der Waals surface area contributed by atoms with Crippen LogP contribution >= 0.6 is 34.8 Å². The molecule has 1 rings (SSSR count). The van der Waals surface area contributed by atoms with Crippen LogP contribution in [0.1, 0.15) is 12.0 Å². The van der Waals surface area contributed by atoms with Gasteiger partial charge in [-0.2, -0.15) is 0 Å². The first kappa shape index (κ1) is 13.1. The van der Waals surface area contributed by atoms with Gasteiger partial charge in [0, 0.05) is 19.1 Å². The number of rotatable bonds is 5. The summed E-state index contributed by atoms with van der Waals surface area (Å²) in [6.07, 6.45) is 1.61. The van der Waals surface area contributed by atoms with Crippen molar-refractivity contribution in [3.8, 4) is 0 Å². The van der Waals surface area contributed by atoms with Crippen LogP contribution in [-0.2, 0) is 11.2 Å². The van der Waals surface area contributed by atoms with E-state index in [1.807, 2.05) is 12.1 Å². The highest BCUT2D eigenvalue weighted by Crippen LogP contribution is 2.24. The van der Waals surface area contributed by atoms with Crippen LogP contribution in [0, 0.1) is 0 Å². The van der Waals surface area contributed by atoms with E-state index in [4.69, 9.17) is 39.5 Å². The van der Waals surface area contributed by atoms with E-state index < -0.39 is 0 Å². The number of hydrogen-bond acceptors (Lipinski definition) is 1. The topological polar surface area (TPSA) is 9.23 Å². The molecule has 0 saturated carbocycles. The molecular weight excluding hydrogens is 254 g/mol. The molecule has 1 atom stereocenters. The largest absolute Gasteiger partial charge is 0.385 e. The van der Waals surface area contributed by atoms with Crippen LogP contribution in [0.25, 0.3) is 0 Å². The highest BCUT2D eigenvalue weighted by Gasteiger charge is 2.07. The van der Waals surface area contributed by atoms with Gasteiger partial charge in [-0.25, -0.2) is 0 Å². The predicted octanol–water partition coefficient (Wildman–Crippen LogP) is 4.18. The fourth-order valence-electron chi connectivity index (χ4n) is 1.27. The zero-order valence-electron chi connectivity index (χ0n) is 8.47. The summed E-state index contributed by atoms with van der Waals surface area (Å²) in [6, 6.07) is 5.58. The van der Waals surface area contributed by atoms with Crippen LogP contribution in [0.2, 0.25) is 10.0 Å². The zero-order valence-corrected chi connectivity index (χ0v) is 10.7. The van der Waals surface area contributed by atoms with Crippen molar-refractivity contribution in [3.05, 3.63) is 33.8 Å². The summed E-state index contributed by atoms with van der Waals surface area (Å²) in [6.45, 7) is 0.676. The van der Waals surface area contributed by atoms with Crippen molar-refractivity contribution in [2.24, 2.45) is 0 Å². The van der Waals surface area contributed by atoms with Crippen molar-refractivity contribution in [1.82, 2.24) is 0 Å². The first-order chi connectivity index (χ1) is 7.13. The molecule has 0 fully saturated rings. The molecule has 0 aliphatic carbocycles. The van der Waals surface area contributed by atoms with E-state index in [2.05, 4.69) is 0 Å². The summed E-state index contributed by atoms with van der Waals surface area (Å²) in [7, 11) is 1.67. The molecule has 1 nitrogen and oxygen atoms in total. The molecule has 0 aliphatic heterocycles. The molecule has 0 radical (unpaired) electrons. The maximum Gasteiger partial charge on any atom is 0.0595 e. The summed E-state index contributed by atoms with van der Waals surface area (Å²) >= 11 is 17.8. The number of hydrogen-bond donors (Lipinski definition) is 0. The van der Waals surface area contributed by atoms with E-state index in [9.17, 15) is 0 Å². The standard InChI is InChI=1S/C11H13Cl3O/c1-15-5-4-9(12)6-8-2-3-10(13)11(14)7-8/h2-3,7,9H,4-6H2,1H3. The predicted molar refractivity (Wildman–Crippen MR) is 66.3 cm³/mol. The van der Waals surface area contributed by atoms with Crippen molar-refractivity contribution in [1.29, 1.82) is 0 Å². The Labute approximate surface area is 105 Å². The van der Waals surface area contributed by atoms with E-state index in [0.717, 1.165) is 18.4 Å². The van der Waals surface area contributed by atoms with E-state index in [0.29, 0.717) is 16.7 Å². The summed E-state index contributed by atoms with van der Waals surface area (Å²) in [4.78, 5) is 0. The smallest absolute Gasteiger partial charge is 0.0595 e. The van der Waals surface area contributed by atoms with E-state index in [-0.39, 0.29) is 5.38 Å². The van der Waals surface area contributed by atoms with E-state index in [1.54, 1.807) is 13.2 Å². The van der Waals surface area contributed by atoms with E-state index in [1.165, 1.54) is 0 Å². The molecule has 0 bridgehead atoms. The van der Waals surface area contributed by atoms with Gasteiger partial charge in [-0.1, -0.05) is 29.3 Å². The fraction of sp³-hybridized carbons (Fsp3) is 0.455. The number of alkyl halides is 1. The molecular formula is C11H13Cl3O. The molecule has 0 N–H and O–H groups in total. The second kappa shape index (κ2) is 6.59. The Hall–Kier alpha value is 0.0500. The lowest BCUT2D eigenvalue weighted by molar-refractivity contribution is 0.194. The summed E-state index contributed by atoms with van der Waals surface area (Å²) in [5, 5.41) is 1.22. The van der Waals surface area contributed by atoms with Crippen LogP contribution in [0.15, 0.2) is 18.2 Å². The first-order valence-corrected chi connectivity index (χ1v) is 5.89. The third kappa shape index (κ3) is 4.60. The molecule has 84 valence electrons. The van der Waals surface area contributed by atoms with Crippen molar-refractivity contribution in [3.63, 3.8) is 0 Å². The maximum atomic E-state index is 6.13. The maximum absolute atomic E-state index is 6.13. The van der Waals surface area contributed by atoms with Gasteiger partial charge in [0.05, 0.1) is 10.0 Å². The second-order valence-electron chi connectivity index (χ2n) is 3.33. The molecule has 0 aromatic heterocycles. The number of ether oxygens (including phenoxy) is 1. The third-order valence-electron chi connectivity index (χ3n) is 2.08. The number of benzene rings is 1. The minimum absolute atomic E-state index is 0.0715. The molecule has 1 unspecified atom stereocenters. The Morgan fingerprint density at radius 2 is 2.00 bits per heavy atom. The van der Waals surface area contributed by atoms with Gasteiger partial charge in [0.1, 0.15) is 0 Å². The molecule has 0 heterocycles. The normalized spacial score (nSPS) is 12.8. The van der Waals surface area contributed by atoms with Crippen LogP contribution in [0.3, 0.4) is 0 Å². The fourth-order valence-corrected chi connectivity index (χ4v) is 1.86. The Morgan fingerprint density at radius 1 is 1.27 bits per heavy atom. The van der Waals surface area contributed by atoms with Crippen LogP contribution in [0.4, 0.5) is 0 Å². The Morgan fingerprint density at radius 3 is 2.60 bits per heavy atom. The molecule has 15 heavy (non-hydrogen) atoms. The van der Waals surface area contributed by atoms with Crippen molar-refractivity contribution < 1.29 is 4.74 Å². The van der Waals surface area contributed by atoms with Crippen LogP contribution < -0.4 is 0 Å². The summed E-state index contributed by atoms with van der Waals surface area (Å²) in [5.74, 6) is 0. The Kier molecular flexibility index (Phi) is 5.77. The first-order valence-electron chi connectivity index (χ1n) is 4.70. The zero-order chi connectivity index (χ0) is 11.3. The second-order valence-corrected chi connectivity index (χ2v) is 4.76. The summed E-state index contributed by atoms with van der Waals surface area (Å²) in [5.41, 5.74) is 1.10. The lowest BCUT2D eigenvalue weighted by Crippen LogP contribution is -2.06. The Balaban J connectivity index is 2.53. The van der Waals surface area contributed by atoms with Crippen molar-refractivity contribution in [2.45, 2.75) is 18.2 Å². The van der Waals surface area contributed by atoms with Gasteiger partial charge >= 0.3 is 0 Å². The quantitative estimate of drug-likeness (QED) is 0.727. The van der Waals surface area contributed by atoms with Gasteiger partial charge in [-0.15, -0.1) is 11.6 Å². The molecule has 0 aliphatic rings. The van der Waals surface area contributed by atoms with Crippen LogP contribution in [0.5, 0.6) is 0 Å². The number of methoxy groups -OCH3 is 1. The van der Waals surface area contributed by atoms with Gasteiger partial charge in [0.2, 0.25) is 0 Å². The monoisotopic (exact) mass is 266 g/mol. The highest BCUT2D eigenvalue weighted by molar-refractivity contribution is 6.42. The average Bonchev–Trinajstić information content (AvgIpc) is 2.20. The lowest BCUT2D eigenvalue weighted by atomic mass is 10.1. The molecule has 1 aromatic rings. The van der Waals surface area contributed by atoms with Gasteiger partial charge in [-0.3, -0.25) is 0 Å². The SMILES string of the molecule is COCCC(Cl)Cc1ccc(Cl)c(Cl)c1. The van der Waals surface area contributed by atoms with Gasteiger partial charge in [-0.05, 0) is 30.5 Å². The van der Waals surface area contributed by atoms with Gasteiger partial charge in [0.25, 0.3) is 0 Å². The van der Waals surface area contributed by atoms with Gasteiger partial charge < -0.3 is 4.74 Å². The Bertz CT molecular complexity index is 315. The molecule has 1 aromatic carbocycles. The number of halogens is 3. The lowest BCUT2D eigenvalue weighted by Gasteiger charge is -2.09. The average molecular weight is 268 g/mol. The van der Waals surface area contributed by atoms with Crippen LogP contribution in [-0.4, -0.2) is 19.1 Å². The molecule has 0 spiro atoms. The molecule has 0 saturated heterocycles. The summed E-state index contributed by atoms with van der Waals surface area (Å²) < 4.78 is 4.96. The minimum atomic E-state index is 0.0715. The highest BCUT2D eigenvalue weighted by atomic mass is 35.5. The van der Waals surface area contributed by atoms with Crippen molar-refractivity contribution in [2.75, 3.05) is 13.7 Å². The molecule has 4 heteroatoms. The van der Waals surface area contributed by atoms with E-state index >= 15 is 0 Å². The third-order valence-corrected chi connectivity index (χ3v) is 3.19. The minimum Gasteiger partial charge on any atom is -0.385 e. The molecule has 0 amide bonds. The van der Waals surface area contributed by atoms with Crippen molar-refractivity contribution >= 4 is 34.8 Å².